The van der Waals surface area contributed by atoms with E-state index in [0.29, 0.717) is 16.5 Å². The number of hydrogen-bond acceptors (Lipinski definition) is 5. The van der Waals surface area contributed by atoms with Crippen LogP contribution in [0.15, 0.2) is 48.7 Å². The molecule has 2 aromatic rings. The average Bonchev–Trinajstić information content (AvgIpc) is 2.97. The van der Waals surface area contributed by atoms with E-state index in [1.54, 1.807) is 25.2 Å². The third-order valence-electron chi connectivity index (χ3n) is 4.22. The number of carbonyl (C=O) groups excluding carboxylic acids is 2. The van der Waals surface area contributed by atoms with Crippen molar-refractivity contribution in [3.63, 3.8) is 0 Å². The summed E-state index contributed by atoms with van der Waals surface area (Å²) >= 11 is 5.26. The van der Waals surface area contributed by atoms with Gasteiger partial charge in [-0.15, -0.1) is 0 Å². The summed E-state index contributed by atoms with van der Waals surface area (Å²) in [6.45, 7) is 3.90. The molecule has 140 valence electrons. The number of ether oxygens (including phenoxy) is 1. The summed E-state index contributed by atoms with van der Waals surface area (Å²) in [7, 11) is 1.62. The first-order valence-corrected chi connectivity index (χ1v) is 8.90. The van der Waals surface area contributed by atoms with Crippen LogP contribution in [0, 0.1) is 5.92 Å². The van der Waals surface area contributed by atoms with Crippen LogP contribution >= 0.6 is 12.2 Å². The van der Waals surface area contributed by atoms with Gasteiger partial charge in [0.1, 0.15) is 6.04 Å². The van der Waals surface area contributed by atoms with Crippen molar-refractivity contribution in [3.8, 4) is 5.88 Å². The van der Waals surface area contributed by atoms with Gasteiger partial charge in [0, 0.05) is 18.8 Å². The Bertz CT molecular complexity index is 855. The number of benzene rings is 1. The first-order valence-electron chi connectivity index (χ1n) is 8.49. The molecule has 0 saturated carbocycles. The second kappa shape index (κ2) is 7.71. The lowest BCUT2D eigenvalue weighted by molar-refractivity contribution is -0.119. The van der Waals surface area contributed by atoms with Crippen LogP contribution in [-0.2, 0) is 4.79 Å². The molecule has 3 rings (SSSR count). The van der Waals surface area contributed by atoms with Crippen LogP contribution in [-0.4, -0.2) is 35.2 Å². The molecular weight excluding hydrogens is 364 g/mol. The van der Waals surface area contributed by atoms with E-state index >= 15 is 0 Å². The normalized spacial score (nSPS) is 16.4. The van der Waals surface area contributed by atoms with Gasteiger partial charge in [0.15, 0.2) is 5.11 Å². The molecule has 1 aromatic heterocycles. The van der Waals surface area contributed by atoms with Crippen molar-refractivity contribution >= 4 is 40.7 Å². The van der Waals surface area contributed by atoms with E-state index in [1.807, 2.05) is 32.0 Å². The number of anilines is 2. The summed E-state index contributed by atoms with van der Waals surface area (Å²) in [5, 5.41) is 3.36. The summed E-state index contributed by atoms with van der Waals surface area (Å²) < 4.78 is 5.29. The maximum absolute atomic E-state index is 12.5. The Morgan fingerprint density at radius 2 is 1.96 bits per heavy atom. The van der Waals surface area contributed by atoms with Crippen molar-refractivity contribution in [1.82, 2.24) is 10.3 Å². The minimum absolute atomic E-state index is 0.113. The molecule has 1 aliphatic rings. The topological polar surface area (TPSA) is 74.8 Å². The third-order valence-corrected chi connectivity index (χ3v) is 4.52. The van der Waals surface area contributed by atoms with Crippen molar-refractivity contribution in [3.05, 3.63) is 48.7 Å². The molecule has 1 aliphatic heterocycles. The summed E-state index contributed by atoms with van der Waals surface area (Å²) in [6.07, 6.45) is 0.899. The van der Waals surface area contributed by atoms with Gasteiger partial charge >= 0.3 is 6.09 Å². The summed E-state index contributed by atoms with van der Waals surface area (Å²) in [5.74, 6) is 0.130. The third kappa shape index (κ3) is 3.90. The van der Waals surface area contributed by atoms with Crippen LogP contribution in [0.4, 0.5) is 16.2 Å². The highest BCUT2D eigenvalue weighted by atomic mass is 32.1. The smallest absolute Gasteiger partial charge is 0.391 e. The zero-order chi connectivity index (χ0) is 19.6. The molecule has 1 N–H and O–H groups in total. The van der Waals surface area contributed by atoms with Crippen molar-refractivity contribution in [2.24, 2.45) is 5.92 Å². The van der Waals surface area contributed by atoms with Gasteiger partial charge in [-0.25, -0.2) is 9.78 Å². The number of thiocarbonyl (C=S) groups is 1. The van der Waals surface area contributed by atoms with Crippen LogP contribution in [0.25, 0.3) is 0 Å². The Morgan fingerprint density at radius 3 is 2.52 bits per heavy atom. The number of hydrogen-bond donors (Lipinski definition) is 1. The van der Waals surface area contributed by atoms with Gasteiger partial charge in [0.25, 0.3) is 5.91 Å². The molecule has 1 atom stereocenters. The summed E-state index contributed by atoms with van der Waals surface area (Å²) in [6, 6.07) is 12.0. The molecule has 27 heavy (non-hydrogen) atoms. The molecule has 0 aliphatic carbocycles. The number of carbonyl (C=O) groups is 2. The van der Waals surface area contributed by atoms with Gasteiger partial charge in [0.2, 0.25) is 5.88 Å². The highest BCUT2D eigenvalue weighted by molar-refractivity contribution is 7.80. The van der Waals surface area contributed by atoms with Crippen molar-refractivity contribution < 1.29 is 14.3 Å². The highest BCUT2D eigenvalue weighted by Crippen LogP contribution is 2.23. The molecule has 2 amide bonds. The fraction of sp³-hybridized carbons (Fsp3) is 0.263. The fourth-order valence-electron chi connectivity index (χ4n) is 2.67. The van der Waals surface area contributed by atoms with Crippen molar-refractivity contribution in [1.29, 1.82) is 0 Å². The number of para-hydroxylation sites is 1. The van der Waals surface area contributed by atoms with E-state index in [4.69, 9.17) is 17.0 Å². The van der Waals surface area contributed by atoms with E-state index in [9.17, 15) is 9.59 Å². The van der Waals surface area contributed by atoms with Crippen molar-refractivity contribution in [2.75, 3.05) is 16.8 Å². The number of pyridine rings is 1. The number of rotatable bonds is 4. The molecule has 2 heterocycles. The standard InChI is InChI=1S/C19H20N4O3S/c1-12(2)16-17(24)23(18(27)21-16)14-9-10-15(20-11-14)26-19(25)22(3)13-7-5-4-6-8-13/h4-12,16H,1-3H3,(H,21,27). The molecule has 0 spiro atoms. The van der Waals surface area contributed by atoms with E-state index in [-0.39, 0.29) is 23.7 Å². The maximum atomic E-state index is 12.5. The minimum Gasteiger partial charge on any atom is -0.391 e. The molecule has 1 fully saturated rings. The summed E-state index contributed by atoms with van der Waals surface area (Å²) in [5.41, 5.74) is 1.23. The Morgan fingerprint density at radius 1 is 1.26 bits per heavy atom. The number of aromatic nitrogens is 1. The first-order chi connectivity index (χ1) is 12.9. The molecule has 1 aromatic carbocycles. The molecule has 1 saturated heterocycles. The predicted molar refractivity (Wildman–Crippen MR) is 107 cm³/mol. The zero-order valence-corrected chi connectivity index (χ0v) is 16.1. The van der Waals surface area contributed by atoms with Gasteiger partial charge in [-0.05, 0) is 36.3 Å². The van der Waals surface area contributed by atoms with E-state index in [0.717, 1.165) is 0 Å². The molecule has 7 nitrogen and oxygen atoms in total. The summed E-state index contributed by atoms with van der Waals surface area (Å²) in [4.78, 5) is 31.7. The maximum Gasteiger partial charge on any atom is 0.420 e. The fourth-order valence-corrected chi connectivity index (χ4v) is 3.00. The van der Waals surface area contributed by atoms with Crippen molar-refractivity contribution in [2.45, 2.75) is 19.9 Å². The van der Waals surface area contributed by atoms with Gasteiger partial charge in [-0.3, -0.25) is 14.6 Å². The monoisotopic (exact) mass is 384 g/mol. The van der Waals surface area contributed by atoms with Crippen LogP contribution in [0.5, 0.6) is 5.88 Å². The lowest BCUT2D eigenvalue weighted by Crippen LogP contribution is -2.34. The Labute approximate surface area is 162 Å². The second-order valence-corrected chi connectivity index (χ2v) is 6.85. The van der Waals surface area contributed by atoms with E-state index in [2.05, 4.69) is 10.3 Å². The van der Waals surface area contributed by atoms with Gasteiger partial charge in [0.05, 0.1) is 11.9 Å². The Kier molecular flexibility index (Phi) is 5.36. The molecule has 0 bridgehead atoms. The largest absolute Gasteiger partial charge is 0.420 e. The average molecular weight is 384 g/mol. The van der Waals surface area contributed by atoms with E-state index < -0.39 is 6.09 Å². The lowest BCUT2D eigenvalue weighted by atomic mass is 10.1. The number of nitrogens with zero attached hydrogens (tertiary/aromatic N) is 3. The zero-order valence-electron chi connectivity index (χ0n) is 15.2. The molecular formula is C19H20N4O3S. The highest BCUT2D eigenvalue weighted by Gasteiger charge is 2.38. The molecule has 1 unspecified atom stereocenters. The van der Waals surface area contributed by atoms with Crippen LogP contribution < -0.4 is 19.9 Å². The Hall–Kier alpha value is -3.00. The second-order valence-electron chi connectivity index (χ2n) is 6.46. The quantitative estimate of drug-likeness (QED) is 0.817. The first kappa shape index (κ1) is 18.8. The molecule has 0 radical (unpaired) electrons. The minimum atomic E-state index is -0.559. The van der Waals surface area contributed by atoms with E-state index in [1.165, 1.54) is 22.1 Å². The van der Waals surface area contributed by atoms with Gasteiger partial charge < -0.3 is 10.1 Å². The van der Waals surface area contributed by atoms with Gasteiger partial charge in [-0.1, -0.05) is 32.0 Å². The van der Waals surface area contributed by atoms with Crippen LogP contribution in [0.2, 0.25) is 0 Å². The molecule has 8 heteroatoms. The Balaban J connectivity index is 1.70. The SMILES string of the molecule is CC(C)C1NC(=S)N(c2ccc(OC(=O)N(C)c3ccccc3)nc2)C1=O. The lowest BCUT2D eigenvalue weighted by Gasteiger charge is -2.17. The predicted octanol–water partition coefficient (Wildman–Crippen LogP) is 2.96. The van der Waals surface area contributed by atoms with Gasteiger partial charge in [-0.2, -0.15) is 0 Å². The number of amides is 2. The van der Waals surface area contributed by atoms with Crippen LogP contribution in [0.3, 0.4) is 0 Å². The van der Waals surface area contributed by atoms with Crippen LogP contribution in [0.1, 0.15) is 13.8 Å². The number of nitrogens with one attached hydrogen (secondary N) is 1.